The standard InChI is InChI=1S/C16H14BrClO2/c17-13(10-11-4-1-2-6-14(11)18)12-5-3-7-15-16(12)20-9-8-19-15/h1-7,13H,8-10H2. The van der Waals surface area contributed by atoms with Gasteiger partial charge < -0.3 is 9.47 Å². The Labute approximate surface area is 131 Å². The summed E-state index contributed by atoms with van der Waals surface area (Å²) < 4.78 is 11.4. The Kier molecular flexibility index (Phi) is 4.18. The SMILES string of the molecule is Clc1ccccc1CC(Br)c1cccc2c1OCCO2. The van der Waals surface area contributed by atoms with Gasteiger partial charge in [-0.25, -0.2) is 0 Å². The molecule has 1 aliphatic heterocycles. The zero-order chi connectivity index (χ0) is 13.9. The van der Waals surface area contributed by atoms with Crippen LogP contribution < -0.4 is 9.47 Å². The number of hydrogen-bond donors (Lipinski definition) is 0. The molecule has 2 nitrogen and oxygen atoms in total. The van der Waals surface area contributed by atoms with Crippen LogP contribution in [-0.4, -0.2) is 13.2 Å². The molecular weight excluding hydrogens is 340 g/mol. The second kappa shape index (κ2) is 6.06. The number of alkyl halides is 1. The molecule has 1 atom stereocenters. The molecule has 3 rings (SSSR count). The number of rotatable bonds is 3. The lowest BCUT2D eigenvalue weighted by Gasteiger charge is -2.23. The highest BCUT2D eigenvalue weighted by Crippen LogP contribution is 2.41. The number of ether oxygens (including phenoxy) is 2. The minimum absolute atomic E-state index is 0.138. The molecule has 0 spiro atoms. The monoisotopic (exact) mass is 352 g/mol. The van der Waals surface area contributed by atoms with Gasteiger partial charge in [-0.2, -0.15) is 0 Å². The highest BCUT2D eigenvalue weighted by atomic mass is 79.9. The molecule has 1 heterocycles. The van der Waals surface area contributed by atoms with E-state index in [2.05, 4.69) is 22.0 Å². The first-order valence-corrected chi connectivity index (χ1v) is 7.81. The van der Waals surface area contributed by atoms with Crippen molar-refractivity contribution >= 4 is 27.5 Å². The van der Waals surface area contributed by atoms with Crippen molar-refractivity contribution < 1.29 is 9.47 Å². The highest BCUT2D eigenvalue weighted by molar-refractivity contribution is 9.09. The van der Waals surface area contributed by atoms with Gasteiger partial charge in [0, 0.05) is 15.4 Å². The van der Waals surface area contributed by atoms with Crippen LogP contribution in [0, 0.1) is 0 Å². The van der Waals surface area contributed by atoms with Crippen LogP contribution >= 0.6 is 27.5 Å². The van der Waals surface area contributed by atoms with E-state index in [-0.39, 0.29) is 4.83 Å². The van der Waals surface area contributed by atoms with Crippen molar-refractivity contribution in [2.45, 2.75) is 11.2 Å². The molecule has 0 aliphatic carbocycles. The van der Waals surface area contributed by atoms with Crippen molar-refractivity contribution in [2.75, 3.05) is 13.2 Å². The molecule has 0 saturated heterocycles. The molecule has 20 heavy (non-hydrogen) atoms. The van der Waals surface area contributed by atoms with Crippen LogP contribution in [0.15, 0.2) is 42.5 Å². The summed E-state index contributed by atoms with van der Waals surface area (Å²) in [6.07, 6.45) is 0.805. The lowest BCUT2D eigenvalue weighted by Crippen LogP contribution is -2.17. The maximum atomic E-state index is 6.22. The zero-order valence-electron chi connectivity index (χ0n) is 10.8. The predicted molar refractivity (Wildman–Crippen MR) is 84.3 cm³/mol. The first-order chi connectivity index (χ1) is 9.75. The highest BCUT2D eigenvalue weighted by Gasteiger charge is 2.21. The van der Waals surface area contributed by atoms with Crippen LogP contribution in [0.2, 0.25) is 5.02 Å². The van der Waals surface area contributed by atoms with Crippen LogP contribution in [0.5, 0.6) is 11.5 Å². The molecule has 1 aliphatic rings. The number of para-hydroxylation sites is 1. The van der Waals surface area contributed by atoms with Gasteiger partial charge in [-0.15, -0.1) is 0 Å². The van der Waals surface area contributed by atoms with E-state index in [9.17, 15) is 0 Å². The largest absolute Gasteiger partial charge is 0.486 e. The molecule has 104 valence electrons. The number of benzene rings is 2. The summed E-state index contributed by atoms with van der Waals surface area (Å²) in [6, 6.07) is 13.9. The number of halogens is 2. The van der Waals surface area contributed by atoms with Crippen LogP contribution in [0.4, 0.5) is 0 Å². The van der Waals surface area contributed by atoms with Gasteiger partial charge in [0.15, 0.2) is 11.5 Å². The van der Waals surface area contributed by atoms with Gasteiger partial charge in [-0.05, 0) is 24.1 Å². The summed E-state index contributed by atoms with van der Waals surface area (Å²) in [7, 11) is 0. The van der Waals surface area contributed by atoms with Crippen LogP contribution in [0.3, 0.4) is 0 Å². The average Bonchev–Trinajstić information content (AvgIpc) is 2.49. The summed E-state index contributed by atoms with van der Waals surface area (Å²) >= 11 is 9.96. The van der Waals surface area contributed by atoms with E-state index in [0.29, 0.717) is 13.2 Å². The molecule has 0 aromatic heterocycles. The fourth-order valence-corrected chi connectivity index (χ4v) is 3.23. The third kappa shape index (κ3) is 2.79. The van der Waals surface area contributed by atoms with Gasteiger partial charge in [-0.1, -0.05) is 57.9 Å². The van der Waals surface area contributed by atoms with Crippen molar-refractivity contribution in [3.05, 3.63) is 58.6 Å². The molecule has 2 aromatic rings. The summed E-state index contributed by atoms with van der Waals surface area (Å²) in [5.41, 5.74) is 2.22. The number of hydrogen-bond acceptors (Lipinski definition) is 2. The Balaban J connectivity index is 1.88. The molecule has 2 aromatic carbocycles. The fraction of sp³-hybridized carbons (Fsp3) is 0.250. The Hall–Kier alpha value is -1.19. The van der Waals surface area contributed by atoms with Crippen LogP contribution in [0.1, 0.15) is 16.0 Å². The topological polar surface area (TPSA) is 18.5 Å². The Bertz CT molecular complexity index is 615. The van der Waals surface area contributed by atoms with Gasteiger partial charge >= 0.3 is 0 Å². The summed E-state index contributed by atoms with van der Waals surface area (Å²) in [4.78, 5) is 0.138. The van der Waals surface area contributed by atoms with Crippen LogP contribution in [-0.2, 0) is 6.42 Å². The van der Waals surface area contributed by atoms with Crippen molar-refractivity contribution in [1.29, 1.82) is 0 Å². The molecule has 1 unspecified atom stereocenters. The normalized spacial score (nSPS) is 14.9. The molecular formula is C16H14BrClO2. The van der Waals surface area contributed by atoms with E-state index < -0.39 is 0 Å². The Morgan fingerprint density at radius 3 is 2.70 bits per heavy atom. The maximum Gasteiger partial charge on any atom is 0.165 e. The van der Waals surface area contributed by atoms with Gasteiger partial charge in [-0.3, -0.25) is 0 Å². The third-order valence-electron chi connectivity index (χ3n) is 3.29. The fourth-order valence-electron chi connectivity index (χ4n) is 2.31. The van der Waals surface area contributed by atoms with E-state index in [0.717, 1.165) is 34.1 Å². The third-order valence-corrected chi connectivity index (χ3v) is 4.48. The van der Waals surface area contributed by atoms with E-state index in [1.54, 1.807) is 0 Å². The quantitative estimate of drug-likeness (QED) is 0.739. The first-order valence-electron chi connectivity index (χ1n) is 6.51. The van der Waals surface area contributed by atoms with Crippen molar-refractivity contribution in [3.8, 4) is 11.5 Å². The van der Waals surface area contributed by atoms with E-state index in [4.69, 9.17) is 21.1 Å². The predicted octanol–water partition coefficient (Wildman–Crippen LogP) is 4.79. The zero-order valence-corrected chi connectivity index (χ0v) is 13.2. The van der Waals surface area contributed by atoms with E-state index in [1.165, 1.54) is 0 Å². The molecule has 4 heteroatoms. The smallest absolute Gasteiger partial charge is 0.165 e. The first kappa shape index (κ1) is 13.8. The molecule has 0 fully saturated rings. The van der Waals surface area contributed by atoms with Gasteiger partial charge in [0.2, 0.25) is 0 Å². The number of fused-ring (bicyclic) bond motifs is 1. The molecule has 0 saturated carbocycles. The summed E-state index contributed by atoms with van der Waals surface area (Å²) in [5, 5.41) is 0.791. The van der Waals surface area contributed by atoms with Gasteiger partial charge in [0.25, 0.3) is 0 Å². The van der Waals surface area contributed by atoms with Gasteiger partial charge in [0.05, 0.1) is 0 Å². The van der Waals surface area contributed by atoms with Crippen molar-refractivity contribution in [3.63, 3.8) is 0 Å². The molecule has 0 bridgehead atoms. The summed E-state index contributed by atoms with van der Waals surface area (Å²) in [5.74, 6) is 1.66. The molecule has 0 radical (unpaired) electrons. The maximum absolute atomic E-state index is 6.22. The van der Waals surface area contributed by atoms with Gasteiger partial charge in [0.1, 0.15) is 13.2 Å². The molecule has 0 amide bonds. The van der Waals surface area contributed by atoms with Crippen molar-refractivity contribution in [2.24, 2.45) is 0 Å². The Morgan fingerprint density at radius 1 is 1.05 bits per heavy atom. The Morgan fingerprint density at radius 2 is 1.85 bits per heavy atom. The van der Waals surface area contributed by atoms with Crippen LogP contribution in [0.25, 0.3) is 0 Å². The average molecular weight is 354 g/mol. The minimum atomic E-state index is 0.138. The van der Waals surface area contributed by atoms with Crippen molar-refractivity contribution in [1.82, 2.24) is 0 Å². The minimum Gasteiger partial charge on any atom is -0.486 e. The lowest BCUT2D eigenvalue weighted by molar-refractivity contribution is 0.170. The van der Waals surface area contributed by atoms with E-state index >= 15 is 0 Å². The second-order valence-electron chi connectivity index (χ2n) is 4.63. The lowest BCUT2D eigenvalue weighted by atomic mass is 10.0. The van der Waals surface area contributed by atoms with E-state index in [1.807, 2.05) is 36.4 Å². The molecule has 0 N–H and O–H groups in total. The second-order valence-corrected chi connectivity index (χ2v) is 6.15. The summed E-state index contributed by atoms with van der Waals surface area (Å²) in [6.45, 7) is 1.20.